The first-order valence-corrected chi connectivity index (χ1v) is 4.59. The van der Waals surface area contributed by atoms with Crippen molar-refractivity contribution in [2.45, 2.75) is 13.8 Å². The molecule has 0 spiro atoms. The van der Waals surface area contributed by atoms with E-state index >= 15 is 0 Å². The largest absolute Gasteiger partial charge is 0.490 e. The molecule has 0 fully saturated rings. The molecule has 0 atom stereocenters. The molecule has 0 N–H and O–H groups in total. The minimum atomic E-state index is 0.0569. The Balaban J connectivity index is 2.68. The Labute approximate surface area is 84.2 Å². The average molecular weight is 190 g/mol. The van der Waals surface area contributed by atoms with Crippen molar-refractivity contribution in [1.82, 2.24) is 0 Å². The van der Waals surface area contributed by atoms with Crippen LogP contribution in [0.15, 0.2) is 36.4 Å². The molecule has 0 radical (unpaired) electrons. The topological polar surface area (TPSA) is 26.3 Å². The van der Waals surface area contributed by atoms with Gasteiger partial charge in [0.05, 0.1) is 0 Å². The summed E-state index contributed by atoms with van der Waals surface area (Å²) >= 11 is 0. The highest BCUT2D eigenvalue weighted by Gasteiger charge is 1.99. The third kappa shape index (κ3) is 3.05. The number of hydrogen-bond acceptors (Lipinski definition) is 2. The Morgan fingerprint density at radius 3 is 2.93 bits per heavy atom. The first-order valence-electron chi connectivity index (χ1n) is 4.59. The molecule has 1 aromatic carbocycles. The minimum absolute atomic E-state index is 0.0569. The molecule has 0 amide bonds. The Morgan fingerprint density at radius 2 is 2.29 bits per heavy atom. The maximum Gasteiger partial charge on any atom is 0.159 e. The fraction of sp³-hybridized carbons (Fsp3) is 0.250. The van der Waals surface area contributed by atoms with Crippen molar-refractivity contribution in [1.29, 1.82) is 0 Å². The second kappa shape index (κ2) is 5.22. The lowest BCUT2D eigenvalue weighted by Gasteiger charge is -2.03. The Morgan fingerprint density at radius 1 is 1.50 bits per heavy atom. The van der Waals surface area contributed by atoms with E-state index in [1.54, 1.807) is 19.1 Å². The van der Waals surface area contributed by atoms with Crippen molar-refractivity contribution < 1.29 is 9.53 Å². The Hall–Kier alpha value is -1.57. The van der Waals surface area contributed by atoms with Crippen molar-refractivity contribution in [3.8, 4) is 5.75 Å². The van der Waals surface area contributed by atoms with Gasteiger partial charge >= 0.3 is 0 Å². The van der Waals surface area contributed by atoms with E-state index in [1.165, 1.54) is 0 Å². The van der Waals surface area contributed by atoms with Crippen molar-refractivity contribution in [2.24, 2.45) is 0 Å². The van der Waals surface area contributed by atoms with Gasteiger partial charge in [-0.3, -0.25) is 4.79 Å². The van der Waals surface area contributed by atoms with Crippen molar-refractivity contribution in [3.05, 3.63) is 42.0 Å². The van der Waals surface area contributed by atoms with Gasteiger partial charge in [-0.25, -0.2) is 0 Å². The predicted molar refractivity (Wildman–Crippen MR) is 56.8 cm³/mol. The summed E-state index contributed by atoms with van der Waals surface area (Å²) in [7, 11) is 0. The molecule has 0 heterocycles. The number of hydrogen-bond donors (Lipinski definition) is 0. The molecule has 0 saturated carbocycles. The zero-order valence-corrected chi connectivity index (χ0v) is 8.49. The molecular weight excluding hydrogens is 176 g/mol. The van der Waals surface area contributed by atoms with Gasteiger partial charge in [0, 0.05) is 5.56 Å². The van der Waals surface area contributed by atoms with Gasteiger partial charge in [-0.15, -0.1) is 0 Å². The summed E-state index contributed by atoms with van der Waals surface area (Å²) < 4.78 is 5.40. The molecule has 14 heavy (non-hydrogen) atoms. The number of benzene rings is 1. The lowest BCUT2D eigenvalue weighted by Crippen LogP contribution is -1.96. The highest BCUT2D eigenvalue weighted by Crippen LogP contribution is 2.13. The second-order valence-corrected chi connectivity index (χ2v) is 2.96. The fourth-order valence-corrected chi connectivity index (χ4v) is 1.05. The summed E-state index contributed by atoms with van der Waals surface area (Å²) in [6.07, 6.45) is 3.84. The van der Waals surface area contributed by atoms with Gasteiger partial charge in [0.2, 0.25) is 0 Å². The molecule has 0 unspecified atom stereocenters. The molecule has 0 saturated heterocycles. The van der Waals surface area contributed by atoms with Crippen molar-refractivity contribution in [3.63, 3.8) is 0 Å². The molecule has 0 aliphatic rings. The average Bonchev–Trinajstić information content (AvgIpc) is 2.19. The van der Waals surface area contributed by atoms with E-state index in [0.29, 0.717) is 12.2 Å². The van der Waals surface area contributed by atoms with Crippen LogP contribution in [-0.2, 0) is 0 Å². The van der Waals surface area contributed by atoms with E-state index in [4.69, 9.17) is 4.74 Å². The second-order valence-electron chi connectivity index (χ2n) is 2.96. The summed E-state index contributed by atoms with van der Waals surface area (Å²) in [6.45, 7) is 4.03. The zero-order chi connectivity index (χ0) is 10.4. The molecule has 2 heteroatoms. The van der Waals surface area contributed by atoms with Gasteiger partial charge in [0.25, 0.3) is 0 Å². The van der Waals surface area contributed by atoms with Gasteiger partial charge in [0.15, 0.2) is 5.78 Å². The number of allylic oxidation sites excluding steroid dienone is 1. The highest BCUT2D eigenvalue weighted by molar-refractivity contribution is 5.94. The van der Waals surface area contributed by atoms with Crippen LogP contribution in [0.4, 0.5) is 0 Å². The van der Waals surface area contributed by atoms with Crippen LogP contribution in [-0.4, -0.2) is 12.4 Å². The van der Waals surface area contributed by atoms with E-state index in [0.717, 1.165) is 5.75 Å². The summed E-state index contributed by atoms with van der Waals surface area (Å²) in [4.78, 5) is 11.1. The highest BCUT2D eigenvalue weighted by atomic mass is 16.5. The summed E-state index contributed by atoms with van der Waals surface area (Å²) in [5.41, 5.74) is 0.683. The fourth-order valence-electron chi connectivity index (χ4n) is 1.05. The van der Waals surface area contributed by atoms with Crippen LogP contribution in [0, 0.1) is 0 Å². The summed E-state index contributed by atoms with van der Waals surface area (Å²) in [5.74, 6) is 0.789. The summed E-state index contributed by atoms with van der Waals surface area (Å²) in [6, 6.07) is 7.20. The molecule has 0 aliphatic carbocycles. The number of ether oxygens (including phenoxy) is 1. The van der Waals surface area contributed by atoms with Gasteiger partial charge < -0.3 is 4.74 Å². The van der Waals surface area contributed by atoms with E-state index in [2.05, 4.69) is 0 Å². The third-order valence-corrected chi connectivity index (χ3v) is 1.82. The van der Waals surface area contributed by atoms with Crippen LogP contribution in [0.1, 0.15) is 24.2 Å². The maximum absolute atomic E-state index is 11.1. The molecule has 0 aromatic heterocycles. The van der Waals surface area contributed by atoms with Gasteiger partial charge in [0.1, 0.15) is 12.4 Å². The van der Waals surface area contributed by atoms with Crippen LogP contribution in [0.5, 0.6) is 5.75 Å². The van der Waals surface area contributed by atoms with Crippen LogP contribution in [0.3, 0.4) is 0 Å². The van der Waals surface area contributed by atoms with Crippen LogP contribution >= 0.6 is 0 Å². The van der Waals surface area contributed by atoms with Crippen LogP contribution in [0.2, 0.25) is 0 Å². The predicted octanol–water partition coefficient (Wildman–Crippen LogP) is 2.84. The van der Waals surface area contributed by atoms with E-state index in [1.807, 2.05) is 31.2 Å². The zero-order valence-electron chi connectivity index (χ0n) is 8.49. The molecule has 1 aromatic rings. The SMILES string of the molecule is CC=CCOc1cccc(C(C)=O)c1. The van der Waals surface area contributed by atoms with Crippen LogP contribution < -0.4 is 4.74 Å². The molecule has 2 nitrogen and oxygen atoms in total. The molecule has 0 bridgehead atoms. The smallest absolute Gasteiger partial charge is 0.159 e. The molecule has 1 rings (SSSR count). The maximum atomic E-state index is 11.1. The Bertz CT molecular complexity index is 340. The van der Waals surface area contributed by atoms with Crippen molar-refractivity contribution >= 4 is 5.78 Å². The van der Waals surface area contributed by atoms with Crippen molar-refractivity contribution in [2.75, 3.05) is 6.61 Å². The van der Waals surface area contributed by atoms with Gasteiger partial charge in [-0.2, -0.15) is 0 Å². The monoisotopic (exact) mass is 190 g/mol. The number of Topliss-reactive ketones (excluding diaryl/α,β-unsaturated/α-hetero) is 1. The van der Waals surface area contributed by atoms with E-state index in [9.17, 15) is 4.79 Å². The Kier molecular flexibility index (Phi) is 3.92. The lowest BCUT2D eigenvalue weighted by atomic mass is 10.1. The van der Waals surface area contributed by atoms with Gasteiger partial charge in [-0.05, 0) is 26.0 Å². The first-order chi connectivity index (χ1) is 6.74. The third-order valence-electron chi connectivity index (χ3n) is 1.82. The van der Waals surface area contributed by atoms with E-state index < -0.39 is 0 Å². The summed E-state index contributed by atoms with van der Waals surface area (Å²) in [5, 5.41) is 0. The molecule has 74 valence electrons. The number of ketones is 1. The van der Waals surface area contributed by atoms with Gasteiger partial charge in [-0.1, -0.05) is 24.3 Å². The normalized spacial score (nSPS) is 10.4. The number of carbonyl (C=O) groups is 1. The first kappa shape index (κ1) is 10.5. The van der Waals surface area contributed by atoms with Crippen LogP contribution in [0.25, 0.3) is 0 Å². The standard InChI is InChI=1S/C12H14O2/c1-3-4-8-14-12-7-5-6-11(9-12)10(2)13/h3-7,9H,8H2,1-2H3. The lowest BCUT2D eigenvalue weighted by molar-refractivity contribution is 0.101. The quantitative estimate of drug-likeness (QED) is 0.539. The molecular formula is C12H14O2. The molecule has 0 aliphatic heterocycles. The van der Waals surface area contributed by atoms with E-state index in [-0.39, 0.29) is 5.78 Å². The minimum Gasteiger partial charge on any atom is -0.490 e. The number of carbonyl (C=O) groups excluding carboxylic acids is 1. The number of rotatable bonds is 4.